The smallest absolute Gasteiger partial charge is 0.130 e. The standard InChI is InChI=1S/C11H14ClN3/c1-7-2-10(11(13)15-4-7)8-3-9(12)6-14-5-8/h2-4,9,14H,5-6H2,1H3,(H2,13,15). The summed E-state index contributed by atoms with van der Waals surface area (Å²) in [7, 11) is 0. The van der Waals surface area contributed by atoms with Gasteiger partial charge < -0.3 is 11.1 Å². The van der Waals surface area contributed by atoms with Crippen molar-refractivity contribution in [1.82, 2.24) is 10.3 Å². The minimum absolute atomic E-state index is 0.0358. The number of nitrogens with two attached hydrogens (primary N) is 1. The van der Waals surface area contributed by atoms with Crippen LogP contribution in [0.15, 0.2) is 18.3 Å². The number of nitrogen functional groups attached to an aromatic ring is 1. The van der Waals surface area contributed by atoms with Gasteiger partial charge in [-0.05, 0) is 24.1 Å². The molecule has 0 saturated heterocycles. The Morgan fingerprint density at radius 2 is 2.40 bits per heavy atom. The van der Waals surface area contributed by atoms with E-state index in [0.717, 1.165) is 29.8 Å². The fourth-order valence-corrected chi connectivity index (χ4v) is 1.96. The first kappa shape index (κ1) is 10.5. The third kappa shape index (κ3) is 2.30. The molecule has 1 atom stereocenters. The number of rotatable bonds is 1. The minimum Gasteiger partial charge on any atom is -0.383 e. The summed E-state index contributed by atoms with van der Waals surface area (Å²) in [6.45, 7) is 3.62. The molecule has 0 bridgehead atoms. The molecule has 0 spiro atoms. The summed E-state index contributed by atoms with van der Waals surface area (Å²) in [5.41, 5.74) is 9.08. The predicted molar refractivity (Wildman–Crippen MR) is 63.9 cm³/mol. The van der Waals surface area contributed by atoms with Gasteiger partial charge >= 0.3 is 0 Å². The number of anilines is 1. The van der Waals surface area contributed by atoms with Gasteiger partial charge in [0.1, 0.15) is 5.82 Å². The molecule has 1 aliphatic rings. The highest BCUT2D eigenvalue weighted by Crippen LogP contribution is 2.23. The van der Waals surface area contributed by atoms with Crippen LogP contribution in [0.25, 0.3) is 5.57 Å². The lowest BCUT2D eigenvalue weighted by molar-refractivity contribution is 0.744. The van der Waals surface area contributed by atoms with Crippen molar-refractivity contribution in [2.75, 3.05) is 18.8 Å². The van der Waals surface area contributed by atoms with Crippen molar-refractivity contribution in [3.63, 3.8) is 0 Å². The van der Waals surface area contributed by atoms with Crippen LogP contribution in [0.3, 0.4) is 0 Å². The third-order valence-corrected chi connectivity index (χ3v) is 2.72. The van der Waals surface area contributed by atoms with E-state index < -0.39 is 0 Å². The molecule has 0 amide bonds. The Kier molecular flexibility index (Phi) is 2.93. The molecule has 0 saturated carbocycles. The van der Waals surface area contributed by atoms with E-state index in [0.29, 0.717) is 5.82 Å². The highest BCUT2D eigenvalue weighted by Gasteiger charge is 2.14. The van der Waals surface area contributed by atoms with Gasteiger partial charge in [0.25, 0.3) is 0 Å². The lowest BCUT2D eigenvalue weighted by Gasteiger charge is -2.19. The zero-order chi connectivity index (χ0) is 10.8. The van der Waals surface area contributed by atoms with Crippen LogP contribution in [-0.2, 0) is 0 Å². The Morgan fingerprint density at radius 3 is 3.13 bits per heavy atom. The number of pyridine rings is 1. The number of halogens is 1. The molecule has 2 rings (SSSR count). The zero-order valence-electron chi connectivity index (χ0n) is 8.63. The zero-order valence-corrected chi connectivity index (χ0v) is 9.38. The van der Waals surface area contributed by atoms with Gasteiger partial charge in [0.15, 0.2) is 0 Å². The maximum Gasteiger partial charge on any atom is 0.130 e. The van der Waals surface area contributed by atoms with E-state index in [1.165, 1.54) is 0 Å². The molecule has 1 aromatic rings. The lowest BCUT2D eigenvalue weighted by Crippen LogP contribution is -2.29. The van der Waals surface area contributed by atoms with Gasteiger partial charge in [-0.25, -0.2) is 4.98 Å². The van der Waals surface area contributed by atoms with Crippen LogP contribution in [0.4, 0.5) is 5.82 Å². The normalized spacial score (nSPS) is 21.2. The number of aromatic nitrogens is 1. The Bertz CT molecular complexity index is 401. The fourth-order valence-electron chi connectivity index (χ4n) is 1.70. The number of hydrogen-bond acceptors (Lipinski definition) is 3. The quantitative estimate of drug-likeness (QED) is 0.711. The second-order valence-electron chi connectivity index (χ2n) is 3.78. The molecule has 4 heteroatoms. The van der Waals surface area contributed by atoms with Gasteiger partial charge in [-0.3, -0.25) is 0 Å². The van der Waals surface area contributed by atoms with Crippen LogP contribution in [-0.4, -0.2) is 23.5 Å². The molecule has 0 radical (unpaired) electrons. The monoisotopic (exact) mass is 223 g/mol. The molecule has 3 nitrogen and oxygen atoms in total. The Balaban J connectivity index is 2.40. The van der Waals surface area contributed by atoms with Crippen molar-refractivity contribution in [2.45, 2.75) is 12.3 Å². The molecule has 0 aliphatic carbocycles. The van der Waals surface area contributed by atoms with Crippen LogP contribution < -0.4 is 11.1 Å². The van der Waals surface area contributed by atoms with Crippen molar-refractivity contribution in [1.29, 1.82) is 0 Å². The summed E-state index contributed by atoms with van der Waals surface area (Å²) in [5, 5.41) is 3.28. The molecule has 15 heavy (non-hydrogen) atoms. The number of nitrogens with one attached hydrogen (secondary N) is 1. The van der Waals surface area contributed by atoms with E-state index in [2.05, 4.69) is 10.3 Å². The summed E-state index contributed by atoms with van der Waals surface area (Å²) in [6, 6.07) is 2.05. The average Bonchev–Trinajstić information content (AvgIpc) is 2.22. The van der Waals surface area contributed by atoms with Crippen LogP contribution in [0, 0.1) is 6.92 Å². The van der Waals surface area contributed by atoms with Crippen molar-refractivity contribution in [2.24, 2.45) is 0 Å². The molecular weight excluding hydrogens is 210 g/mol. The number of nitrogens with zero attached hydrogens (tertiary/aromatic N) is 1. The summed E-state index contributed by atoms with van der Waals surface area (Å²) in [6.07, 6.45) is 3.82. The second-order valence-corrected chi connectivity index (χ2v) is 4.34. The van der Waals surface area contributed by atoms with E-state index in [1.807, 2.05) is 19.1 Å². The molecule has 1 unspecified atom stereocenters. The highest BCUT2D eigenvalue weighted by atomic mass is 35.5. The van der Waals surface area contributed by atoms with Gasteiger partial charge in [0.2, 0.25) is 0 Å². The van der Waals surface area contributed by atoms with E-state index in [9.17, 15) is 0 Å². The Morgan fingerprint density at radius 1 is 1.60 bits per heavy atom. The number of alkyl halides is 1. The van der Waals surface area contributed by atoms with Crippen molar-refractivity contribution < 1.29 is 0 Å². The predicted octanol–water partition coefficient (Wildman–Crippen LogP) is 1.57. The van der Waals surface area contributed by atoms with Crippen molar-refractivity contribution in [3.05, 3.63) is 29.5 Å². The minimum atomic E-state index is 0.0358. The van der Waals surface area contributed by atoms with Gasteiger partial charge in [-0.15, -0.1) is 11.6 Å². The second kappa shape index (κ2) is 4.21. The summed E-state index contributed by atoms with van der Waals surface area (Å²) in [4.78, 5) is 4.14. The molecule has 80 valence electrons. The van der Waals surface area contributed by atoms with Crippen LogP contribution in [0.1, 0.15) is 11.1 Å². The molecule has 1 aliphatic heterocycles. The third-order valence-electron chi connectivity index (χ3n) is 2.44. The maximum atomic E-state index is 6.05. The summed E-state index contributed by atoms with van der Waals surface area (Å²) < 4.78 is 0. The first-order chi connectivity index (χ1) is 7.16. The molecule has 2 heterocycles. The van der Waals surface area contributed by atoms with Gasteiger partial charge in [-0.1, -0.05) is 6.08 Å². The summed E-state index contributed by atoms with van der Waals surface area (Å²) >= 11 is 6.05. The van der Waals surface area contributed by atoms with Crippen LogP contribution >= 0.6 is 11.6 Å². The first-order valence-electron chi connectivity index (χ1n) is 4.95. The SMILES string of the molecule is Cc1cnc(N)c(C2=CC(Cl)CNC2)c1. The van der Waals surface area contributed by atoms with Gasteiger partial charge in [0.05, 0.1) is 5.38 Å². The number of hydrogen-bond donors (Lipinski definition) is 2. The molecular formula is C11H14ClN3. The molecule has 3 N–H and O–H groups in total. The van der Waals surface area contributed by atoms with Gasteiger partial charge in [-0.2, -0.15) is 0 Å². The first-order valence-corrected chi connectivity index (χ1v) is 5.38. The maximum absolute atomic E-state index is 6.05. The molecule has 0 aromatic carbocycles. The van der Waals surface area contributed by atoms with Crippen molar-refractivity contribution >= 4 is 23.0 Å². The number of aryl methyl sites for hydroxylation is 1. The van der Waals surface area contributed by atoms with E-state index in [-0.39, 0.29) is 5.38 Å². The van der Waals surface area contributed by atoms with Crippen LogP contribution in [0.2, 0.25) is 0 Å². The molecule has 0 fully saturated rings. The average molecular weight is 224 g/mol. The highest BCUT2D eigenvalue weighted by molar-refractivity contribution is 6.22. The largest absolute Gasteiger partial charge is 0.383 e. The molecule has 1 aromatic heterocycles. The lowest BCUT2D eigenvalue weighted by atomic mass is 10.0. The fraction of sp³-hybridized carbons (Fsp3) is 0.364. The Labute approximate surface area is 94.3 Å². The van der Waals surface area contributed by atoms with Gasteiger partial charge in [0, 0.05) is 24.8 Å². The van der Waals surface area contributed by atoms with Crippen molar-refractivity contribution in [3.8, 4) is 0 Å². The van der Waals surface area contributed by atoms with Crippen LogP contribution in [0.5, 0.6) is 0 Å². The summed E-state index contributed by atoms with van der Waals surface area (Å²) in [5.74, 6) is 0.569. The van der Waals surface area contributed by atoms with E-state index >= 15 is 0 Å². The Hall–Kier alpha value is -1.06. The van der Waals surface area contributed by atoms with E-state index in [1.54, 1.807) is 6.20 Å². The van der Waals surface area contributed by atoms with E-state index in [4.69, 9.17) is 17.3 Å². The topological polar surface area (TPSA) is 50.9 Å².